The number of amides is 1. The second kappa shape index (κ2) is 6.77. The smallest absolute Gasteiger partial charge is 0.412 e. The summed E-state index contributed by atoms with van der Waals surface area (Å²) in [5.74, 6) is -4.38. The SMILES string of the molecule is COC(=O)C1(C(=O)OC)[C@H](c2ccccc2)N2CC(C)C(=O)N2[C@H]1C(F)(F)F. The zero-order valence-electron chi connectivity index (χ0n) is 15.4. The van der Waals surface area contributed by atoms with E-state index in [0.717, 1.165) is 19.2 Å². The third-order valence-corrected chi connectivity index (χ3v) is 5.26. The van der Waals surface area contributed by atoms with Gasteiger partial charge in [-0.25, -0.2) is 5.01 Å². The number of methoxy groups -OCH3 is 2. The standard InChI is InChI=1S/C18H19F3N2O5/c1-10-9-22-12(11-7-5-4-6-8-11)17(15(25)27-2,16(26)28-3)14(18(19,20)21)23(22)13(10)24/h4-8,10,12,14H,9H2,1-3H3/t10?,12-,14+/m0/s1. The number of ether oxygens (including phenoxy) is 2. The van der Waals surface area contributed by atoms with Crippen molar-refractivity contribution < 1.29 is 37.0 Å². The number of fused-ring (bicyclic) bond motifs is 1. The molecule has 0 aliphatic carbocycles. The zero-order valence-corrected chi connectivity index (χ0v) is 15.4. The molecule has 0 radical (unpaired) electrons. The minimum absolute atomic E-state index is 0.0826. The highest BCUT2D eigenvalue weighted by atomic mass is 19.4. The minimum atomic E-state index is -5.09. The van der Waals surface area contributed by atoms with Crippen molar-refractivity contribution in [1.29, 1.82) is 0 Å². The number of carbonyl (C=O) groups is 3. The molecule has 0 aromatic heterocycles. The first-order chi connectivity index (χ1) is 13.1. The van der Waals surface area contributed by atoms with Crippen molar-refractivity contribution in [2.24, 2.45) is 11.3 Å². The molecule has 7 nitrogen and oxygen atoms in total. The van der Waals surface area contributed by atoms with Crippen LogP contribution in [0.25, 0.3) is 0 Å². The van der Waals surface area contributed by atoms with Crippen LogP contribution in [0.2, 0.25) is 0 Å². The van der Waals surface area contributed by atoms with E-state index in [-0.39, 0.29) is 12.1 Å². The zero-order chi connectivity index (χ0) is 20.9. The number of esters is 2. The van der Waals surface area contributed by atoms with Crippen LogP contribution in [0, 0.1) is 11.3 Å². The molecule has 152 valence electrons. The van der Waals surface area contributed by atoms with Gasteiger partial charge in [0.15, 0.2) is 6.04 Å². The van der Waals surface area contributed by atoms with E-state index in [9.17, 15) is 27.6 Å². The number of hydrogen-bond donors (Lipinski definition) is 0. The molecule has 3 rings (SSSR count). The average Bonchev–Trinajstić information content (AvgIpc) is 3.12. The number of rotatable bonds is 3. The first-order valence-electron chi connectivity index (χ1n) is 8.50. The maximum atomic E-state index is 14.2. The van der Waals surface area contributed by atoms with E-state index in [1.807, 2.05) is 0 Å². The summed E-state index contributed by atoms with van der Waals surface area (Å²) in [5.41, 5.74) is -2.56. The third-order valence-electron chi connectivity index (χ3n) is 5.26. The molecule has 3 atom stereocenters. The van der Waals surface area contributed by atoms with E-state index in [2.05, 4.69) is 9.47 Å². The van der Waals surface area contributed by atoms with Crippen LogP contribution in [0.5, 0.6) is 0 Å². The molecule has 2 aliphatic rings. The molecular weight excluding hydrogens is 381 g/mol. The number of halogens is 3. The van der Waals surface area contributed by atoms with Crippen molar-refractivity contribution in [3.05, 3.63) is 35.9 Å². The first-order valence-corrected chi connectivity index (χ1v) is 8.50. The minimum Gasteiger partial charge on any atom is -0.468 e. The van der Waals surface area contributed by atoms with Crippen molar-refractivity contribution in [3.8, 4) is 0 Å². The van der Waals surface area contributed by atoms with Gasteiger partial charge in [0.05, 0.1) is 26.2 Å². The highest BCUT2D eigenvalue weighted by Crippen LogP contribution is 2.58. The molecule has 2 aliphatic heterocycles. The van der Waals surface area contributed by atoms with Crippen LogP contribution in [0.15, 0.2) is 30.3 Å². The quantitative estimate of drug-likeness (QED) is 0.568. The van der Waals surface area contributed by atoms with E-state index in [0.29, 0.717) is 5.01 Å². The van der Waals surface area contributed by atoms with E-state index >= 15 is 0 Å². The van der Waals surface area contributed by atoms with Gasteiger partial charge in [0, 0.05) is 6.54 Å². The largest absolute Gasteiger partial charge is 0.468 e. The second-order valence-corrected chi connectivity index (χ2v) is 6.82. The predicted octanol–water partition coefficient (Wildman–Crippen LogP) is 1.70. The number of carbonyl (C=O) groups excluding carboxylic acids is 3. The van der Waals surface area contributed by atoms with Crippen molar-refractivity contribution in [2.45, 2.75) is 25.2 Å². The molecule has 1 amide bonds. The Bertz CT molecular complexity index is 782. The van der Waals surface area contributed by atoms with Crippen LogP contribution >= 0.6 is 0 Å². The molecule has 0 saturated carbocycles. The summed E-state index contributed by atoms with van der Waals surface area (Å²) in [6, 6.07) is 3.61. The van der Waals surface area contributed by atoms with Gasteiger partial charge in [-0.1, -0.05) is 37.3 Å². The summed E-state index contributed by atoms with van der Waals surface area (Å²) in [6.07, 6.45) is -5.09. The lowest BCUT2D eigenvalue weighted by atomic mass is 9.71. The fourth-order valence-electron chi connectivity index (χ4n) is 4.22. The summed E-state index contributed by atoms with van der Waals surface area (Å²) >= 11 is 0. The Balaban J connectivity index is 2.37. The first kappa shape index (κ1) is 20.1. The molecule has 1 aromatic carbocycles. The molecule has 1 unspecified atom stereocenters. The molecular formula is C18H19F3N2O5. The van der Waals surface area contributed by atoms with Crippen LogP contribution in [0.1, 0.15) is 18.5 Å². The van der Waals surface area contributed by atoms with E-state index in [4.69, 9.17) is 0 Å². The predicted molar refractivity (Wildman–Crippen MR) is 88.2 cm³/mol. The van der Waals surface area contributed by atoms with Gasteiger partial charge in [-0.2, -0.15) is 13.2 Å². The van der Waals surface area contributed by atoms with Gasteiger partial charge in [-0.3, -0.25) is 19.4 Å². The Labute approximate surface area is 158 Å². The molecule has 28 heavy (non-hydrogen) atoms. The molecule has 0 N–H and O–H groups in total. The normalized spacial score (nSPS) is 26.9. The summed E-state index contributed by atoms with van der Waals surface area (Å²) in [6.45, 7) is 1.41. The Morgan fingerprint density at radius 2 is 1.64 bits per heavy atom. The van der Waals surface area contributed by atoms with E-state index < -0.39 is 47.4 Å². The average molecular weight is 400 g/mol. The summed E-state index contributed by atoms with van der Waals surface area (Å²) < 4.78 is 52.0. The van der Waals surface area contributed by atoms with E-state index in [1.54, 1.807) is 18.2 Å². The Hall–Kier alpha value is -2.62. The Kier molecular flexibility index (Phi) is 4.86. The molecule has 1 aromatic rings. The molecule has 0 spiro atoms. The molecule has 2 heterocycles. The number of hydrazine groups is 1. The van der Waals surface area contributed by atoms with Gasteiger partial charge >= 0.3 is 18.1 Å². The molecule has 0 bridgehead atoms. The molecule has 2 fully saturated rings. The highest BCUT2D eigenvalue weighted by Gasteiger charge is 2.78. The van der Waals surface area contributed by atoms with Crippen LogP contribution in [0.4, 0.5) is 13.2 Å². The second-order valence-electron chi connectivity index (χ2n) is 6.82. The van der Waals surface area contributed by atoms with Gasteiger partial charge < -0.3 is 9.47 Å². The van der Waals surface area contributed by atoms with Gasteiger partial charge in [-0.05, 0) is 5.56 Å². The highest BCUT2D eigenvalue weighted by molar-refractivity contribution is 6.04. The topological polar surface area (TPSA) is 76.2 Å². The van der Waals surface area contributed by atoms with Gasteiger partial charge in [-0.15, -0.1) is 0 Å². The number of hydrogen-bond acceptors (Lipinski definition) is 6. The monoisotopic (exact) mass is 400 g/mol. The maximum Gasteiger partial charge on any atom is 0.412 e. The van der Waals surface area contributed by atoms with Crippen LogP contribution in [-0.4, -0.2) is 60.8 Å². The van der Waals surface area contributed by atoms with Crippen LogP contribution in [-0.2, 0) is 23.9 Å². The van der Waals surface area contributed by atoms with Crippen LogP contribution < -0.4 is 0 Å². The number of alkyl halides is 3. The van der Waals surface area contributed by atoms with Gasteiger partial charge in [0.1, 0.15) is 0 Å². The van der Waals surface area contributed by atoms with Crippen molar-refractivity contribution >= 4 is 17.8 Å². The number of nitrogens with zero attached hydrogens (tertiary/aromatic N) is 2. The van der Waals surface area contributed by atoms with Crippen LogP contribution in [0.3, 0.4) is 0 Å². The fourth-order valence-corrected chi connectivity index (χ4v) is 4.22. The summed E-state index contributed by atoms with van der Waals surface area (Å²) in [5, 5.41) is 1.62. The third kappa shape index (κ3) is 2.58. The fraction of sp³-hybridized carbons (Fsp3) is 0.500. The van der Waals surface area contributed by atoms with E-state index in [1.165, 1.54) is 19.1 Å². The van der Waals surface area contributed by atoms with Crippen molar-refractivity contribution in [1.82, 2.24) is 10.0 Å². The lowest BCUT2D eigenvalue weighted by Gasteiger charge is -2.35. The lowest BCUT2D eigenvalue weighted by molar-refractivity contribution is -0.221. The van der Waals surface area contributed by atoms with Crippen molar-refractivity contribution in [3.63, 3.8) is 0 Å². The Morgan fingerprint density at radius 1 is 1.11 bits per heavy atom. The summed E-state index contributed by atoms with van der Waals surface area (Å²) in [4.78, 5) is 38.2. The Morgan fingerprint density at radius 3 is 2.11 bits per heavy atom. The summed E-state index contributed by atoms with van der Waals surface area (Å²) in [7, 11) is 1.79. The lowest BCUT2D eigenvalue weighted by Crippen LogP contribution is -2.60. The maximum absolute atomic E-state index is 14.2. The molecule has 2 saturated heterocycles. The molecule has 10 heteroatoms. The van der Waals surface area contributed by atoms with Crippen molar-refractivity contribution in [2.75, 3.05) is 20.8 Å². The van der Waals surface area contributed by atoms with Gasteiger partial charge in [0.25, 0.3) is 0 Å². The van der Waals surface area contributed by atoms with Gasteiger partial charge in [0.2, 0.25) is 11.3 Å². The number of benzene rings is 1.